The predicted octanol–water partition coefficient (Wildman–Crippen LogP) is 2.23. The van der Waals surface area contributed by atoms with Crippen LogP contribution in [0.25, 0.3) is 0 Å². The summed E-state index contributed by atoms with van der Waals surface area (Å²) in [5.74, 6) is -0.110. The van der Waals surface area contributed by atoms with Gasteiger partial charge in [-0.1, -0.05) is 23.7 Å². The Labute approximate surface area is 128 Å². The van der Waals surface area contributed by atoms with E-state index in [2.05, 4.69) is 10.6 Å². The first-order chi connectivity index (χ1) is 9.67. The van der Waals surface area contributed by atoms with Crippen molar-refractivity contribution < 1.29 is 4.79 Å². The zero-order chi connectivity index (χ0) is 14.8. The lowest BCUT2D eigenvalue weighted by molar-refractivity contribution is -0.117. The van der Waals surface area contributed by atoms with Crippen molar-refractivity contribution in [2.24, 2.45) is 0 Å². The number of benzene rings is 1. The molecule has 0 saturated carbocycles. The van der Waals surface area contributed by atoms with Crippen molar-refractivity contribution in [3.63, 3.8) is 0 Å². The van der Waals surface area contributed by atoms with E-state index in [1.807, 2.05) is 30.3 Å². The first kappa shape index (κ1) is 16.4. The smallest absolute Gasteiger partial charge is 0.263 e. The summed E-state index contributed by atoms with van der Waals surface area (Å²) in [5.41, 5.74) is 1.16. The fraction of sp³-hybridized carbons (Fsp3) is 0.286. The summed E-state index contributed by atoms with van der Waals surface area (Å²) in [6.07, 6.45) is 2.19. The van der Waals surface area contributed by atoms with Gasteiger partial charge < -0.3 is 10.6 Å². The van der Waals surface area contributed by atoms with Gasteiger partial charge in [-0.2, -0.15) is 5.26 Å². The van der Waals surface area contributed by atoms with Crippen LogP contribution in [0.15, 0.2) is 36.0 Å². The van der Waals surface area contributed by atoms with Gasteiger partial charge in [-0.05, 0) is 24.1 Å². The monoisotopic (exact) mass is 311 g/mol. The van der Waals surface area contributed by atoms with Crippen LogP contribution in [-0.2, 0) is 11.2 Å². The minimum atomic E-state index is -0.424. The third kappa shape index (κ3) is 5.96. The number of halogens is 2. The van der Waals surface area contributed by atoms with Gasteiger partial charge in [0, 0.05) is 30.2 Å². The van der Waals surface area contributed by atoms with E-state index in [9.17, 15) is 4.79 Å². The third-order valence-electron chi connectivity index (χ3n) is 2.46. The van der Waals surface area contributed by atoms with Crippen LogP contribution in [0.3, 0.4) is 0 Å². The molecule has 0 bridgehead atoms. The van der Waals surface area contributed by atoms with Gasteiger partial charge in [0.2, 0.25) is 0 Å². The van der Waals surface area contributed by atoms with Crippen molar-refractivity contribution in [3.05, 3.63) is 46.6 Å². The summed E-state index contributed by atoms with van der Waals surface area (Å²) in [6.45, 7) is 0.958. The average Bonchev–Trinajstić information content (AvgIpc) is 2.46. The van der Waals surface area contributed by atoms with Crippen LogP contribution < -0.4 is 10.6 Å². The number of nitrogens with zero attached hydrogens (tertiary/aromatic N) is 1. The fourth-order valence-corrected chi connectivity index (χ4v) is 1.67. The van der Waals surface area contributed by atoms with Gasteiger partial charge in [-0.15, -0.1) is 11.6 Å². The molecule has 0 fully saturated rings. The summed E-state index contributed by atoms with van der Waals surface area (Å²) in [7, 11) is 0. The van der Waals surface area contributed by atoms with Crippen LogP contribution in [0.2, 0.25) is 5.02 Å². The first-order valence-corrected chi connectivity index (χ1v) is 7.01. The highest BCUT2D eigenvalue weighted by Crippen LogP contribution is 2.09. The Balaban J connectivity index is 2.40. The van der Waals surface area contributed by atoms with Gasteiger partial charge in [0.1, 0.15) is 11.6 Å². The number of nitriles is 1. The summed E-state index contributed by atoms with van der Waals surface area (Å²) >= 11 is 11.3. The topological polar surface area (TPSA) is 64.9 Å². The molecule has 0 spiro atoms. The highest BCUT2D eigenvalue weighted by molar-refractivity contribution is 6.30. The van der Waals surface area contributed by atoms with Crippen LogP contribution in [0.4, 0.5) is 0 Å². The Bertz CT molecular complexity index is 506. The number of nitrogens with one attached hydrogen (secondary N) is 2. The number of hydrogen-bond acceptors (Lipinski definition) is 3. The van der Waals surface area contributed by atoms with E-state index < -0.39 is 5.91 Å². The number of alkyl halides is 1. The summed E-state index contributed by atoms with van der Waals surface area (Å²) in [6, 6.07) is 9.37. The molecule has 106 valence electrons. The van der Waals surface area contributed by atoms with Crippen LogP contribution >= 0.6 is 23.2 Å². The molecule has 1 amide bonds. The van der Waals surface area contributed by atoms with E-state index in [4.69, 9.17) is 28.5 Å². The Kier molecular flexibility index (Phi) is 7.56. The fourth-order valence-electron chi connectivity index (χ4n) is 1.45. The van der Waals surface area contributed by atoms with Gasteiger partial charge in [0.25, 0.3) is 5.91 Å². The maximum absolute atomic E-state index is 11.5. The first-order valence-electron chi connectivity index (χ1n) is 6.09. The van der Waals surface area contributed by atoms with Crippen molar-refractivity contribution in [3.8, 4) is 6.07 Å². The minimum Gasteiger partial charge on any atom is -0.389 e. The maximum Gasteiger partial charge on any atom is 0.263 e. The third-order valence-corrected chi connectivity index (χ3v) is 2.90. The molecule has 0 aromatic heterocycles. The second kappa shape index (κ2) is 9.24. The summed E-state index contributed by atoms with van der Waals surface area (Å²) < 4.78 is 0. The highest BCUT2D eigenvalue weighted by atomic mass is 35.5. The molecule has 6 heteroatoms. The highest BCUT2D eigenvalue weighted by Gasteiger charge is 2.06. The zero-order valence-corrected chi connectivity index (χ0v) is 12.3. The summed E-state index contributed by atoms with van der Waals surface area (Å²) in [5, 5.41) is 15.1. The molecule has 2 N–H and O–H groups in total. The SMILES string of the molecule is N#C/C(=C/NCCc1ccc(Cl)cc1)C(=O)NCCCl. The van der Waals surface area contributed by atoms with Crippen molar-refractivity contribution in [1.82, 2.24) is 10.6 Å². The molecule has 0 aliphatic carbocycles. The Hall–Kier alpha value is -1.70. The molecule has 1 rings (SSSR count). The molecule has 0 saturated heterocycles. The quantitative estimate of drug-likeness (QED) is 0.351. The van der Waals surface area contributed by atoms with E-state index in [1.165, 1.54) is 6.20 Å². The van der Waals surface area contributed by atoms with Gasteiger partial charge in [-0.3, -0.25) is 4.79 Å². The van der Waals surface area contributed by atoms with Gasteiger partial charge >= 0.3 is 0 Å². The average molecular weight is 312 g/mol. The minimum absolute atomic E-state index is 0.0335. The van der Waals surface area contributed by atoms with Gasteiger partial charge in [0.15, 0.2) is 0 Å². The molecule has 0 aliphatic rings. The van der Waals surface area contributed by atoms with Crippen molar-refractivity contribution in [2.75, 3.05) is 19.0 Å². The second-order valence-electron chi connectivity index (χ2n) is 3.95. The van der Waals surface area contributed by atoms with Crippen molar-refractivity contribution in [2.45, 2.75) is 6.42 Å². The lowest BCUT2D eigenvalue weighted by Gasteiger charge is -2.04. The molecular formula is C14H15Cl2N3O. The van der Waals surface area contributed by atoms with Crippen LogP contribution in [0, 0.1) is 11.3 Å². The largest absolute Gasteiger partial charge is 0.389 e. The molecule has 20 heavy (non-hydrogen) atoms. The molecule has 0 heterocycles. The molecule has 0 atom stereocenters. The Morgan fingerprint density at radius 3 is 2.60 bits per heavy atom. The molecule has 0 radical (unpaired) electrons. The number of hydrogen-bond donors (Lipinski definition) is 2. The number of carbonyl (C=O) groups is 1. The van der Waals surface area contributed by atoms with Gasteiger partial charge in [0.05, 0.1) is 0 Å². The molecule has 0 unspecified atom stereocenters. The molecular weight excluding hydrogens is 297 g/mol. The Morgan fingerprint density at radius 1 is 1.30 bits per heavy atom. The lowest BCUT2D eigenvalue weighted by Crippen LogP contribution is -2.27. The molecule has 0 aliphatic heterocycles. The van der Waals surface area contributed by atoms with Gasteiger partial charge in [-0.25, -0.2) is 0 Å². The summed E-state index contributed by atoms with van der Waals surface area (Å²) in [4.78, 5) is 11.5. The van der Waals surface area contributed by atoms with Crippen LogP contribution in [0.5, 0.6) is 0 Å². The van der Waals surface area contributed by atoms with E-state index in [1.54, 1.807) is 0 Å². The van der Waals surface area contributed by atoms with E-state index in [-0.39, 0.29) is 5.57 Å². The normalized spacial score (nSPS) is 10.8. The van der Waals surface area contributed by atoms with Crippen LogP contribution in [0.1, 0.15) is 5.56 Å². The molecule has 1 aromatic rings. The predicted molar refractivity (Wildman–Crippen MR) is 80.6 cm³/mol. The zero-order valence-electron chi connectivity index (χ0n) is 10.8. The Morgan fingerprint density at radius 2 is 2.00 bits per heavy atom. The van der Waals surface area contributed by atoms with Crippen molar-refractivity contribution >= 4 is 29.1 Å². The number of carbonyl (C=O) groups excluding carboxylic acids is 1. The van der Waals surface area contributed by atoms with Crippen LogP contribution in [-0.4, -0.2) is 24.9 Å². The van der Waals surface area contributed by atoms with E-state index in [0.29, 0.717) is 24.0 Å². The number of rotatable bonds is 7. The second-order valence-corrected chi connectivity index (χ2v) is 4.76. The molecule has 1 aromatic carbocycles. The maximum atomic E-state index is 11.5. The van der Waals surface area contributed by atoms with Crippen molar-refractivity contribution in [1.29, 1.82) is 5.26 Å². The lowest BCUT2D eigenvalue weighted by atomic mass is 10.1. The standard InChI is InChI=1S/C14H15Cl2N3O/c15-6-8-19-14(20)12(9-17)10-18-7-5-11-1-3-13(16)4-2-11/h1-4,10,18H,5-8H2,(H,19,20)/b12-10-. The molecule has 4 nitrogen and oxygen atoms in total. The van der Waals surface area contributed by atoms with E-state index in [0.717, 1.165) is 12.0 Å². The number of amides is 1. The van der Waals surface area contributed by atoms with E-state index >= 15 is 0 Å².